The Kier molecular flexibility index (Phi) is 18.6. The third kappa shape index (κ3) is 13.7. The lowest BCUT2D eigenvalue weighted by Crippen LogP contribution is -2.34. The Morgan fingerprint density at radius 3 is 1.49 bits per heavy atom. The maximum atomic E-state index is 13.5. The Morgan fingerprint density at radius 2 is 1.03 bits per heavy atom. The number of methoxy groups -OCH3 is 1. The fraction of sp³-hybridized carbons (Fsp3) is 0.143. The van der Waals surface area contributed by atoms with E-state index in [1.165, 1.54) is 48.5 Å². The number of carbonyl (C=O) groups is 2. The van der Waals surface area contributed by atoms with Crippen LogP contribution in [0.2, 0.25) is 20.1 Å². The first kappa shape index (κ1) is 59.5. The molecule has 386 valence electrons. The average molecular weight is 1190 g/mol. The smallest absolute Gasteiger partial charge is 0.363 e. The molecule has 0 aliphatic carbocycles. The molecule has 0 atom stereocenters. The fourth-order valence-electron chi connectivity index (χ4n) is 6.19. The van der Waals surface area contributed by atoms with Crippen LogP contribution in [0, 0.1) is 0 Å². The molecule has 0 spiro atoms. The number of benzene rings is 4. The van der Waals surface area contributed by atoms with E-state index in [9.17, 15) is 69.6 Å². The van der Waals surface area contributed by atoms with E-state index in [1.54, 1.807) is 0 Å². The molecule has 15 nitrogen and oxygen atoms in total. The van der Waals surface area contributed by atoms with E-state index >= 15 is 0 Å². The summed E-state index contributed by atoms with van der Waals surface area (Å²) in [5.41, 5.74) is -5.33. The highest BCUT2D eigenvalue weighted by molar-refractivity contribution is 7.93. The van der Waals surface area contributed by atoms with Crippen molar-refractivity contribution in [3.05, 3.63) is 163 Å². The number of pyridine rings is 2. The van der Waals surface area contributed by atoms with Gasteiger partial charge in [0.05, 0.1) is 62.2 Å². The number of alkyl halides is 6. The number of sulfone groups is 2. The normalized spacial score (nSPS) is 12.2. The second-order valence-electron chi connectivity index (χ2n) is 14.4. The van der Waals surface area contributed by atoms with E-state index in [4.69, 9.17) is 51.1 Å². The molecule has 4 aromatic carbocycles. The SMILES string of the molecule is COCN(c1cc(Cl)cnc1C(=O)c1ccccc1S(C)(=O)=O)S(=O)(=O)c1ccc(Cl)c(C(F)(F)F)c1.CS(=O)(=O)c1ccccc1C(=O)c1ncc(Cl)cc1NS(=O)(=O)c1ccc(Cl)c(C(F)(F)F)c1.Cl. The Balaban J connectivity index is 0.000000309. The zero-order valence-electron chi connectivity index (χ0n) is 36.3. The minimum Gasteiger partial charge on any atom is -0.363 e. The minimum atomic E-state index is -4.96. The molecule has 1 N–H and O–H groups in total. The van der Waals surface area contributed by atoms with Crippen molar-refractivity contribution in [3.63, 3.8) is 0 Å². The van der Waals surface area contributed by atoms with Crippen molar-refractivity contribution in [1.29, 1.82) is 0 Å². The third-order valence-electron chi connectivity index (χ3n) is 9.33. The van der Waals surface area contributed by atoms with E-state index in [0.717, 1.165) is 68.4 Å². The van der Waals surface area contributed by atoms with Crippen molar-refractivity contribution in [2.75, 3.05) is 35.4 Å². The van der Waals surface area contributed by atoms with Gasteiger partial charge in [-0.05, 0) is 72.8 Å². The fourth-order valence-corrected chi connectivity index (χ4v) is 11.2. The topological polar surface area (TPSA) is 221 Å². The number of rotatable bonds is 14. The van der Waals surface area contributed by atoms with Gasteiger partial charge in [0, 0.05) is 43.1 Å². The summed E-state index contributed by atoms with van der Waals surface area (Å²) in [6, 6.07) is 16.4. The average Bonchev–Trinajstić information content (AvgIpc) is 3.26. The molecule has 0 fully saturated rings. The standard InChI is InChI=1S/C22H17Cl2F3N2O6S2.C20H13Cl2F3N2O5S2.ClH/c1-35-12-29(37(33,34)14-7-8-17(24)16(10-14)22(25,26)27)18-9-13(23)11-28-20(18)21(30)15-5-3-4-6-19(15)36(2,31)32;1-33(29,30)17-5-3-2-4-13(17)19(28)18-16(8-11(21)10-26-18)27-34(31,32)12-6-7-15(22)14(9-12)20(23,24)25;/h3-11H,12H2,1-2H3;2-10,27H,1H3;1H. The van der Waals surface area contributed by atoms with Crippen LogP contribution in [0.5, 0.6) is 0 Å². The third-order valence-corrected chi connectivity index (χ3v) is 15.8. The second kappa shape index (κ2) is 22.6. The van der Waals surface area contributed by atoms with Crippen molar-refractivity contribution >= 4 is 121 Å². The summed E-state index contributed by atoms with van der Waals surface area (Å²) in [6.07, 6.45) is -6.05. The first-order valence-electron chi connectivity index (χ1n) is 19.0. The van der Waals surface area contributed by atoms with Gasteiger partial charge in [-0.2, -0.15) is 26.3 Å². The molecule has 0 saturated heterocycles. The Labute approximate surface area is 433 Å². The van der Waals surface area contributed by atoms with Crippen molar-refractivity contribution in [1.82, 2.24) is 9.97 Å². The van der Waals surface area contributed by atoms with Crippen LogP contribution in [-0.2, 0) is 56.8 Å². The van der Waals surface area contributed by atoms with Crippen molar-refractivity contribution in [3.8, 4) is 0 Å². The number of ketones is 2. The number of hydrogen-bond acceptors (Lipinski definition) is 13. The molecule has 2 aromatic heterocycles. The molecule has 6 rings (SSSR count). The molecule has 0 radical (unpaired) electrons. The van der Waals surface area contributed by atoms with Crippen molar-refractivity contribution in [2.24, 2.45) is 0 Å². The summed E-state index contributed by atoms with van der Waals surface area (Å²) in [7, 11) is -16.1. The lowest BCUT2D eigenvalue weighted by molar-refractivity contribution is -0.138. The summed E-state index contributed by atoms with van der Waals surface area (Å²) in [4.78, 5) is 32.1. The molecule has 30 heteroatoms. The molecule has 6 aromatic rings. The molecule has 0 bridgehead atoms. The molecular formula is C42H31Cl5F6N4O11S4. The minimum absolute atomic E-state index is 0. The Morgan fingerprint density at radius 1 is 0.611 bits per heavy atom. The van der Waals surface area contributed by atoms with E-state index in [1.807, 2.05) is 4.72 Å². The predicted octanol–water partition coefficient (Wildman–Crippen LogP) is 10.1. The van der Waals surface area contributed by atoms with Crippen LogP contribution >= 0.6 is 58.8 Å². The lowest BCUT2D eigenvalue weighted by atomic mass is 10.1. The van der Waals surface area contributed by atoms with Gasteiger partial charge in [-0.1, -0.05) is 70.7 Å². The van der Waals surface area contributed by atoms with Crippen LogP contribution in [0.15, 0.2) is 129 Å². The number of hydrogen-bond donors (Lipinski definition) is 1. The molecule has 0 saturated carbocycles. The zero-order valence-corrected chi connectivity index (χ0v) is 43.4. The molecule has 0 aliphatic heterocycles. The maximum Gasteiger partial charge on any atom is 0.417 e. The van der Waals surface area contributed by atoms with Gasteiger partial charge in [0.2, 0.25) is 11.6 Å². The quantitative estimate of drug-likeness (QED) is 0.0610. The maximum absolute atomic E-state index is 13.5. The van der Waals surface area contributed by atoms with Crippen molar-refractivity contribution < 1.29 is 74.3 Å². The van der Waals surface area contributed by atoms with Crippen LogP contribution in [0.4, 0.5) is 37.7 Å². The summed E-state index contributed by atoms with van der Waals surface area (Å²) in [5, 5.41) is -1.64. The van der Waals surface area contributed by atoms with Crippen LogP contribution in [-0.4, -0.2) is 81.6 Å². The van der Waals surface area contributed by atoms with Gasteiger partial charge in [-0.25, -0.2) is 47.9 Å². The molecule has 0 aliphatic rings. The van der Waals surface area contributed by atoms with Crippen LogP contribution < -0.4 is 9.03 Å². The summed E-state index contributed by atoms with van der Waals surface area (Å²) in [6.45, 7) is -0.762. The van der Waals surface area contributed by atoms with Crippen LogP contribution in [0.25, 0.3) is 0 Å². The van der Waals surface area contributed by atoms with E-state index in [2.05, 4.69) is 9.97 Å². The summed E-state index contributed by atoms with van der Waals surface area (Å²) >= 11 is 23.1. The van der Waals surface area contributed by atoms with Gasteiger partial charge in [0.1, 0.15) is 18.1 Å². The van der Waals surface area contributed by atoms with Crippen LogP contribution in [0.1, 0.15) is 43.2 Å². The van der Waals surface area contributed by atoms with E-state index in [0.29, 0.717) is 16.4 Å². The summed E-state index contributed by atoms with van der Waals surface area (Å²) in [5.74, 6) is -1.93. The highest BCUT2D eigenvalue weighted by Gasteiger charge is 2.38. The molecule has 72 heavy (non-hydrogen) atoms. The largest absolute Gasteiger partial charge is 0.417 e. The monoisotopic (exact) mass is 1180 g/mol. The molecule has 2 heterocycles. The Hall–Kier alpha value is -5.09. The number of ether oxygens (including phenoxy) is 1. The number of nitrogens with one attached hydrogen (secondary N) is 1. The van der Waals surface area contributed by atoms with Gasteiger partial charge in [-0.3, -0.25) is 14.3 Å². The van der Waals surface area contributed by atoms with Gasteiger partial charge >= 0.3 is 12.4 Å². The number of nitrogens with zero attached hydrogens (tertiary/aromatic N) is 3. The molecular weight excluding hydrogens is 1160 g/mol. The van der Waals surface area contributed by atoms with Gasteiger partial charge in [-0.15, -0.1) is 12.4 Å². The van der Waals surface area contributed by atoms with E-state index in [-0.39, 0.29) is 43.4 Å². The number of halogens is 11. The highest BCUT2D eigenvalue weighted by atomic mass is 35.5. The Bertz CT molecular complexity index is 3560. The predicted molar refractivity (Wildman–Crippen MR) is 257 cm³/mol. The highest BCUT2D eigenvalue weighted by Crippen LogP contribution is 2.39. The number of aromatic nitrogens is 2. The first-order valence-corrected chi connectivity index (χ1v) is 27.2. The summed E-state index contributed by atoms with van der Waals surface area (Å²) < 4.78 is 188. The molecule has 0 amide bonds. The zero-order chi connectivity index (χ0) is 53.2. The van der Waals surface area contributed by atoms with Crippen molar-refractivity contribution in [2.45, 2.75) is 31.9 Å². The van der Waals surface area contributed by atoms with Gasteiger partial charge in [0.25, 0.3) is 20.0 Å². The van der Waals surface area contributed by atoms with E-state index < -0.39 is 124 Å². The first-order chi connectivity index (χ1) is 32.7. The second-order valence-corrected chi connectivity index (χ2v) is 23.6. The number of carbonyl (C=O) groups excluding carboxylic acids is 2. The van der Waals surface area contributed by atoms with Gasteiger partial charge < -0.3 is 4.74 Å². The number of sulfonamides is 2. The van der Waals surface area contributed by atoms with Gasteiger partial charge in [0.15, 0.2) is 19.7 Å². The molecule has 0 unspecified atom stereocenters. The lowest BCUT2D eigenvalue weighted by Gasteiger charge is -2.25. The van der Waals surface area contributed by atoms with Crippen LogP contribution in [0.3, 0.4) is 0 Å². The number of anilines is 2.